The van der Waals surface area contributed by atoms with E-state index in [1.54, 1.807) is 6.20 Å². The van der Waals surface area contributed by atoms with E-state index in [4.69, 9.17) is 0 Å². The highest BCUT2D eigenvalue weighted by atomic mass is 14.8. The van der Waals surface area contributed by atoms with Crippen molar-refractivity contribution in [2.45, 2.75) is 13.3 Å². The summed E-state index contributed by atoms with van der Waals surface area (Å²) in [5.74, 6) is 0. The largest absolute Gasteiger partial charge is 0.267 e. The molecule has 0 unspecified atom stereocenters. The summed E-state index contributed by atoms with van der Waals surface area (Å²) in [4.78, 5) is 7.97. The second kappa shape index (κ2) is 2.40. The molecule has 1 heterocycles. The Labute approximate surface area is 48.7 Å². The summed E-state index contributed by atoms with van der Waals surface area (Å²) in [6.45, 7) is 1.93. The first-order chi connectivity index (χ1) is 3.89. The molecular formula is C6H8N2. The third-order valence-electron chi connectivity index (χ3n) is 0.873. The van der Waals surface area contributed by atoms with Crippen LogP contribution in [-0.2, 0) is 0 Å². The lowest BCUT2D eigenvalue weighted by molar-refractivity contribution is 1.29. The number of hydrogen-bond acceptors (Lipinski definition) is 2. The van der Waals surface area contributed by atoms with Crippen molar-refractivity contribution in [3.05, 3.63) is 11.9 Å². The summed E-state index contributed by atoms with van der Waals surface area (Å²) in [6.07, 6.45) is 6.29. The predicted molar refractivity (Wildman–Crippen MR) is 35.4 cm³/mol. The van der Waals surface area contributed by atoms with E-state index in [9.17, 15) is 0 Å². The summed E-state index contributed by atoms with van der Waals surface area (Å²) in [6, 6.07) is 0. The molecule has 42 valence electrons. The highest BCUT2D eigenvalue weighted by molar-refractivity contribution is 5.80. The zero-order valence-electron chi connectivity index (χ0n) is 4.83. The quantitative estimate of drug-likeness (QED) is 0.448. The van der Waals surface area contributed by atoms with E-state index in [-0.39, 0.29) is 0 Å². The Hall–Kier alpha value is -0.920. The maximum absolute atomic E-state index is 4.03. The van der Waals surface area contributed by atoms with Gasteiger partial charge >= 0.3 is 0 Å². The fourth-order valence-corrected chi connectivity index (χ4v) is 0.499. The first-order valence-electron chi connectivity index (χ1n) is 2.60. The molecule has 0 atom stereocenters. The first kappa shape index (κ1) is 5.22. The minimum atomic E-state index is 0.855. The van der Waals surface area contributed by atoms with Crippen LogP contribution in [0.5, 0.6) is 0 Å². The molecule has 0 saturated carbocycles. The SMILES string of the molecule is CC1=CN=CCC=N1. The molecule has 8 heavy (non-hydrogen) atoms. The zero-order chi connectivity index (χ0) is 5.82. The number of aliphatic imine (C=N–C) groups is 2. The van der Waals surface area contributed by atoms with Gasteiger partial charge in [-0.05, 0) is 6.92 Å². The van der Waals surface area contributed by atoms with Crippen LogP contribution in [0.3, 0.4) is 0 Å². The van der Waals surface area contributed by atoms with Gasteiger partial charge in [-0.1, -0.05) is 0 Å². The van der Waals surface area contributed by atoms with Crippen LogP contribution in [0.15, 0.2) is 21.9 Å². The zero-order valence-corrected chi connectivity index (χ0v) is 4.83. The summed E-state index contributed by atoms with van der Waals surface area (Å²) in [7, 11) is 0. The Morgan fingerprint density at radius 2 is 2.38 bits per heavy atom. The summed E-state index contributed by atoms with van der Waals surface area (Å²) in [5, 5.41) is 0. The van der Waals surface area contributed by atoms with Gasteiger partial charge in [-0.3, -0.25) is 9.98 Å². The Morgan fingerprint density at radius 1 is 1.50 bits per heavy atom. The molecule has 2 nitrogen and oxygen atoms in total. The molecule has 0 aromatic rings. The Bertz CT molecular complexity index is 154. The predicted octanol–water partition coefficient (Wildman–Crippen LogP) is 1.39. The van der Waals surface area contributed by atoms with Gasteiger partial charge in [0.25, 0.3) is 0 Å². The third kappa shape index (κ3) is 1.30. The lowest BCUT2D eigenvalue weighted by Crippen LogP contribution is -1.71. The molecule has 0 N–H and O–H groups in total. The highest BCUT2D eigenvalue weighted by Gasteiger charge is 1.82. The second-order valence-electron chi connectivity index (χ2n) is 1.65. The molecule has 0 radical (unpaired) electrons. The molecule has 1 aliphatic rings. The normalized spacial score (nSPS) is 17.9. The summed E-state index contributed by atoms with van der Waals surface area (Å²) in [5.41, 5.74) is 0.971. The molecule has 0 aliphatic carbocycles. The van der Waals surface area contributed by atoms with Crippen molar-refractivity contribution in [3.63, 3.8) is 0 Å². The van der Waals surface area contributed by atoms with Crippen LogP contribution >= 0.6 is 0 Å². The molecular weight excluding hydrogens is 100 g/mol. The average molecular weight is 108 g/mol. The maximum Gasteiger partial charge on any atom is 0.0551 e. The van der Waals surface area contributed by atoms with Gasteiger partial charge in [-0.2, -0.15) is 0 Å². The monoisotopic (exact) mass is 108 g/mol. The van der Waals surface area contributed by atoms with Crippen molar-refractivity contribution >= 4 is 12.4 Å². The van der Waals surface area contributed by atoms with Crippen molar-refractivity contribution < 1.29 is 0 Å². The van der Waals surface area contributed by atoms with Gasteiger partial charge < -0.3 is 0 Å². The van der Waals surface area contributed by atoms with Crippen LogP contribution in [0.4, 0.5) is 0 Å². The number of allylic oxidation sites excluding steroid dienone is 1. The Morgan fingerprint density at radius 3 is 3.25 bits per heavy atom. The van der Waals surface area contributed by atoms with Gasteiger partial charge in [0.05, 0.1) is 5.70 Å². The minimum absolute atomic E-state index is 0.855. The van der Waals surface area contributed by atoms with Crippen LogP contribution < -0.4 is 0 Å². The van der Waals surface area contributed by atoms with Crippen LogP contribution in [0, 0.1) is 0 Å². The number of nitrogens with zero attached hydrogens (tertiary/aromatic N) is 2. The molecule has 0 fully saturated rings. The fourth-order valence-electron chi connectivity index (χ4n) is 0.499. The van der Waals surface area contributed by atoms with Crippen molar-refractivity contribution in [1.29, 1.82) is 0 Å². The Kier molecular flexibility index (Phi) is 1.57. The van der Waals surface area contributed by atoms with Crippen molar-refractivity contribution in [1.82, 2.24) is 0 Å². The molecule has 1 aliphatic heterocycles. The van der Waals surface area contributed by atoms with E-state index < -0.39 is 0 Å². The van der Waals surface area contributed by atoms with Gasteiger partial charge in [0, 0.05) is 25.0 Å². The van der Waals surface area contributed by atoms with Crippen LogP contribution in [0.2, 0.25) is 0 Å². The lowest BCUT2D eigenvalue weighted by atomic mass is 10.5. The molecule has 0 spiro atoms. The standard InChI is InChI=1S/C6H8N2/c1-6-5-7-3-2-4-8-6/h3-5H,2H2,1H3. The van der Waals surface area contributed by atoms with E-state index in [2.05, 4.69) is 9.98 Å². The van der Waals surface area contributed by atoms with Crippen molar-refractivity contribution in [2.75, 3.05) is 0 Å². The lowest BCUT2D eigenvalue weighted by Gasteiger charge is -1.80. The number of rotatable bonds is 0. The smallest absolute Gasteiger partial charge is 0.0551 e. The molecule has 0 saturated heterocycles. The number of hydrogen-bond donors (Lipinski definition) is 0. The van der Waals surface area contributed by atoms with Gasteiger partial charge in [-0.25, -0.2) is 0 Å². The third-order valence-corrected chi connectivity index (χ3v) is 0.873. The van der Waals surface area contributed by atoms with Gasteiger partial charge in [0.2, 0.25) is 0 Å². The molecule has 0 aromatic carbocycles. The maximum atomic E-state index is 4.03. The van der Waals surface area contributed by atoms with Crippen LogP contribution in [0.1, 0.15) is 13.3 Å². The topological polar surface area (TPSA) is 24.7 Å². The van der Waals surface area contributed by atoms with Crippen molar-refractivity contribution in [2.24, 2.45) is 9.98 Å². The highest BCUT2D eigenvalue weighted by Crippen LogP contribution is 1.95. The summed E-state index contributed by atoms with van der Waals surface area (Å²) >= 11 is 0. The van der Waals surface area contributed by atoms with E-state index in [0.29, 0.717) is 0 Å². The van der Waals surface area contributed by atoms with Gasteiger partial charge in [0.1, 0.15) is 0 Å². The van der Waals surface area contributed by atoms with Crippen LogP contribution in [-0.4, -0.2) is 12.4 Å². The van der Waals surface area contributed by atoms with E-state index in [1.807, 2.05) is 19.4 Å². The summed E-state index contributed by atoms with van der Waals surface area (Å²) < 4.78 is 0. The van der Waals surface area contributed by atoms with E-state index in [0.717, 1.165) is 12.1 Å². The van der Waals surface area contributed by atoms with E-state index in [1.165, 1.54) is 0 Å². The first-order valence-corrected chi connectivity index (χ1v) is 2.60. The van der Waals surface area contributed by atoms with Gasteiger partial charge in [-0.15, -0.1) is 0 Å². The molecule has 0 aromatic heterocycles. The molecule has 0 bridgehead atoms. The molecule has 0 amide bonds. The Balaban J connectivity index is 2.73. The molecule has 2 heteroatoms. The van der Waals surface area contributed by atoms with Crippen molar-refractivity contribution in [3.8, 4) is 0 Å². The average Bonchev–Trinajstić information content (AvgIpc) is 1.94. The molecule has 1 rings (SSSR count). The minimum Gasteiger partial charge on any atom is -0.267 e. The van der Waals surface area contributed by atoms with Gasteiger partial charge in [0.15, 0.2) is 0 Å². The second-order valence-corrected chi connectivity index (χ2v) is 1.65. The van der Waals surface area contributed by atoms with Crippen LogP contribution in [0.25, 0.3) is 0 Å². The fraction of sp³-hybridized carbons (Fsp3) is 0.333. The van der Waals surface area contributed by atoms with E-state index >= 15 is 0 Å².